The van der Waals surface area contributed by atoms with Crippen LogP contribution in [0.15, 0.2) is 67.3 Å². The van der Waals surface area contributed by atoms with E-state index in [0.717, 1.165) is 11.1 Å². The Kier molecular flexibility index (Phi) is 5.89. The van der Waals surface area contributed by atoms with E-state index in [0.29, 0.717) is 24.2 Å². The lowest BCUT2D eigenvalue weighted by Gasteiger charge is -2.01. The number of nitriles is 2. The predicted octanol–water partition coefficient (Wildman–Crippen LogP) is -0.380. The van der Waals surface area contributed by atoms with Crippen LogP contribution in [0.25, 0.3) is 0 Å². The molecule has 0 atom stereocenters. The van der Waals surface area contributed by atoms with Crippen molar-refractivity contribution in [3.05, 3.63) is 89.5 Å². The molecule has 0 aliphatic heterocycles. The first kappa shape index (κ1) is 17.5. The lowest BCUT2D eigenvalue weighted by molar-refractivity contribution is -0.687. The minimum atomic E-state index is 0. The summed E-state index contributed by atoms with van der Waals surface area (Å²) in [6.45, 7) is 1.30. The van der Waals surface area contributed by atoms with Crippen molar-refractivity contribution in [1.29, 1.82) is 10.5 Å². The number of hydrogen-bond acceptors (Lipinski definition) is 2. The van der Waals surface area contributed by atoms with Gasteiger partial charge in [0.1, 0.15) is 25.5 Å². The molecule has 0 saturated heterocycles. The van der Waals surface area contributed by atoms with Crippen molar-refractivity contribution >= 4 is 0 Å². The van der Waals surface area contributed by atoms with Gasteiger partial charge < -0.3 is 17.0 Å². The fourth-order valence-electron chi connectivity index (χ4n) is 2.55. The third kappa shape index (κ3) is 3.90. The van der Waals surface area contributed by atoms with Crippen molar-refractivity contribution in [2.24, 2.45) is 0 Å². The molecule has 118 valence electrons. The maximum atomic E-state index is 9.16. The quantitative estimate of drug-likeness (QED) is 0.581. The van der Waals surface area contributed by atoms with Crippen molar-refractivity contribution in [2.75, 3.05) is 0 Å². The fraction of sp³-hybridized carbons (Fsp3) is 0.105. The Morgan fingerprint density at radius 3 is 2.12 bits per heavy atom. The molecule has 24 heavy (non-hydrogen) atoms. The Bertz CT molecular complexity index is 841. The third-order valence-corrected chi connectivity index (χ3v) is 3.73. The van der Waals surface area contributed by atoms with E-state index in [4.69, 9.17) is 10.5 Å². The molecule has 0 bridgehead atoms. The van der Waals surface area contributed by atoms with Crippen LogP contribution in [-0.2, 0) is 13.1 Å². The molecule has 2 aromatic carbocycles. The number of rotatable bonds is 4. The van der Waals surface area contributed by atoms with Crippen LogP contribution in [0, 0.1) is 22.7 Å². The van der Waals surface area contributed by atoms with Crippen molar-refractivity contribution in [2.45, 2.75) is 13.1 Å². The Morgan fingerprint density at radius 1 is 0.875 bits per heavy atom. The van der Waals surface area contributed by atoms with E-state index in [2.05, 4.69) is 12.1 Å². The molecule has 3 rings (SSSR count). The van der Waals surface area contributed by atoms with E-state index in [-0.39, 0.29) is 17.0 Å². The highest BCUT2D eigenvalue weighted by atomic mass is 79.9. The molecule has 1 aromatic heterocycles. The second-order valence-electron chi connectivity index (χ2n) is 5.30. The zero-order valence-electron chi connectivity index (χ0n) is 12.9. The molecule has 4 nitrogen and oxygen atoms in total. The minimum absolute atomic E-state index is 0. The monoisotopic (exact) mass is 378 g/mol. The fourth-order valence-corrected chi connectivity index (χ4v) is 2.55. The molecule has 0 N–H and O–H groups in total. The molecule has 0 aliphatic rings. The van der Waals surface area contributed by atoms with Gasteiger partial charge in [-0.1, -0.05) is 36.4 Å². The molecule has 0 aliphatic carbocycles. The van der Waals surface area contributed by atoms with Crippen LogP contribution in [-0.4, -0.2) is 4.57 Å². The molecule has 0 saturated carbocycles. The van der Waals surface area contributed by atoms with E-state index >= 15 is 0 Å². The van der Waals surface area contributed by atoms with Gasteiger partial charge in [0.05, 0.1) is 23.3 Å². The van der Waals surface area contributed by atoms with Crippen LogP contribution in [0.1, 0.15) is 22.3 Å². The third-order valence-electron chi connectivity index (χ3n) is 3.73. The van der Waals surface area contributed by atoms with Gasteiger partial charge in [-0.2, -0.15) is 10.5 Å². The van der Waals surface area contributed by atoms with E-state index < -0.39 is 0 Å². The van der Waals surface area contributed by atoms with Gasteiger partial charge in [-0.15, -0.1) is 0 Å². The van der Waals surface area contributed by atoms with Crippen LogP contribution in [0.4, 0.5) is 0 Å². The summed E-state index contributed by atoms with van der Waals surface area (Å²) in [5.74, 6) is 0. The standard InChI is InChI=1S/C19H15N4.BrH/c20-11-16-5-1-3-7-18(16)13-22-9-10-23(15-22)14-19-8-4-2-6-17(19)12-21;/h1-10,15H,13-14H2;1H/q+1;/p-1. The molecular weight excluding hydrogens is 364 g/mol. The first-order valence-electron chi connectivity index (χ1n) is 7.31. The lowest BCUT2D eigenvalue weighted by Crippen LogP contribution is -3.00. The number of benzene rings is 2. The number of nitrogens with zero attached hydrogens (tertiary/aromatic N) is 4. The number of halogens is 1. The highest BCUT2D eigenvalue weighted by Crippen LogP contribution is 2.10. The number of imidazole rings is 1. The Morgan fingerprint density at radius 2 is 1.46 bits per heavy atom. The SMILES string of the molecule is N#Cc1ccccc1Cn1cc[n+](Cc2ccccc2C#N)c1.[Br-]. The number of hydrogen-bond donors (Lipinski definition) is 0. The average Bonchev–Trinajstić information content (AvgIpc) is 3.03. The zero-order valence-corrected chi connectivity index (χ0v) is 14.5. The Balaban J connectivity index is 0.00000208. The van der Waals surface area contributed by atoms with E-state index in [1.807, 2.05) is 76.4 Å². The Hall–Kier alpha value is -2.89. The lowest BCUT2D eigenvalue weighted by atomic mass is 10.1. The summed E-state index contributed by atoms with van der Waals surface area (Å²) >= 11 is 0. The zero-order chi connectivity index (χ0) is 16.1. The smallest absolute Gasteiger partial charge is 0.244 e. The molecule has 1 heterocycles. The van der Waals surface area contributed by atoms with Gasteiger partial charge in [0.25, 0.3) is 0 Å². The van der Waals surface area contributed by atoms with E-state index in [1.54, 1.807) is 0 Å². The van der Waals surface area contributed by atoms with Gasteiger partial charge >= 0.3 is 0 Å². The van der Waals surface area contributed by atoms with Crippen LogP contribution in [0.5, 0.6) is 0 Å². The van der Waals surface area contributed by atoms with Crippen molar-refractivity contribution in [3.63, 3.8) is 0 Å². The number of aromatic nitrogens is 2. The normalized spacial score (nSPS) is 9.58. The molecule has 0 spiro atoms. The summed E-state index contributed by atoms with van der Waals surface area (Å²) in [6, 6.07) is 19.7. The molecule has 0 radical (unpaired) electrons. The van der Waals surface area contributed by atoms with Crippen LogP contribution >= 0.6 is 0 Å². The summed E-state index contributed by atoms with van der Waals surface area (Å²) < 4.78 is 4.07. The van der Waals surface area contributed by atoms with Gasteiger partial charge in [-0.3, -0.25) is 0 Å². The minimum Gasteiger partial charge on any atom is -1.00 e. The first-order valence-corrected chi connectivity index (χ1v) is 7.31. The van der Waals surface area contributed by atoms with Gasteiger partial charge in [-0.05, 0) is 12.1 Å². The van der Waals surface area contributed by atoms with Crippen LogP contribution < -0.4 is 21.5 Å². The molecule has 0 amide bonds. The van der Waals surface area contributed by atoms with Gasteiger partial charge in [0.2, 0.25) is 6.33 Å². The van der Waals surface area contributed by atoms with Crippen LogP contribution in [0.3, 0.4) is 0 Å². The second kappa shape index (κ2) is 8.10. The largest absolute Gasteiger partial charge is 1.00 e. The first-order chi connectivity index (χ1) is 11.3. The molecule has 3 aromatic rings. The summed E-state index contributed by atoms with van der Waals surface area (Å²) in [6.07, 6.45) is 5.94. The second-order valence-corrected chi connectivity index (χ2v) is 5.30. The molecule has 0 unspecified atom stereocenters. The topological polar surface area (TPSA) is 56.4 Å². The molecule has 5 heteroatoms. The predicted molar refractivity (Wildman–Crippen MR) is 85.1 cm³/mol. The maximum absolute atomic E-state index is 9.16. The molecular formula is C19H15BrN4. The summed E-state index contributed by atoms with van der Waals surface area (Å²) in [7, 11) is 0. The van der Waals surface area contributed by atoms with Crippen molar-refractivity contribution in [1.82, 2.24) is 4.57 Å². The molecule has 0 fully saturated rings. The van der Waals surface area contributed by atoms with Gasteiger partial charge in [0.15, 0.2) is 0 Å². The van der Waals surface area contributed by atoms with E-state index in [9.17, 15) is 0 Å². The maximum Gasteiger partial charge on any atom is 0.244 e. The van der Waals surface area contributed by atoms with Gasteiger partial charge in [-0.25, -0.2) is 9.13 Å². The summed E-state index contributed by atoms with van der Waals surface area (Å²) in [5, 5.41) is 18.3. The van der Waals surface area contributed by atoms with Gasteiger partial charge in [0, 0.05) is 11.1 Å². The summed E-state index contributed by atoms with van der Waals surface area (Å²) in [4.78, 5) is 0. The van der Waals surface area contributed by atoms with Crippen LogP contribution in [0.2, 0.25) is 0 Å². The highest BCUT2D eigenvalue weighted by Gasteiger charge is 2.10. The van der Waals surface area contributed by atoms with Crippen molar-refractivity contribution in [3.8, 4) is 12.1 Å². The summed E-state index contributed by atoms with van der Waals surface area (Å²) in [5.41, 5.74) is 3.38. The van der Waals surface area contributed by atoms with Crippen molar-refractivity contribution < 1.29 is 21.5 Å². The average molecular weight is 379 g/mol. The Labute approximate surface area is 151 Å². The van der Waals surface area contributed by atoms with E-state index in [1.165, 1.54) is 0 Å². The highest BCUT2D eigenvalue weighted by molar-refractivity contribution is 5.37.